The summed E-state index contributed by atoms with van der Waals surface area (Å²) < 4.78 is 33.3. The number of aryl methyl sites for hydroxylation is 1. The smallest absolute Gasteiger partial charge is 0.253 e. The molecule has 1 heterocycles. The summed E-state index contributed by atoms with van der Waals surface area (Å²) in [6.45, 7) is 3.85. The number of likely N-dealkylation sites (N-methyl/N-ethyl adjacent to an activating group) is 1. The van der Waals surface area contributed by atoms with E-state index in [1.165, 1.54) is 6.07 Å². The van der Waals surface area contributed by atoms with Crippen LogP contribution in [-0.2, 0) is 10.0 Å². The molecule has 3 rings (SSSR count). The van der Waals surface area contributed by atoms with E-state index in [0.29, 0.717) is 31.8 Å². The summed E-state index contributed by atoms with van der Waals surface area (Å²) in [6.07, 6.45) is 3.86. The Morgan fingerprint density at radius 2 is 1.70 bits per heavy atom. The van der Waals surface area contributed by atoms with Crippen molar-refractivity contribution in [2.24, 2.45) is 0 Å². The molecule has 0 spiro atoms. The molecule has 0 aromatic heterocycles. The largest absolute Gasteiger partial charge is 0.492 e. The van der Waals surface area contributed by atoms with E-state index in [4.69, 9.17) is 4.74 Å². The van der Waals surface area contributed by atoms with E-state index in [-0.39, 0.29) is 10.8 Å². The van der Waals surface area contributed by atoms with Crippen LogP contribution >= 0.6 is 0 Å². The third-order valence-electron chi connectivity index (χ3n) is 5.35. The zero-order valence-corrected chi connectivity index (χ0v) is 18.5. The van der Waals surface area contributed by atoms with Crippen molar-refractivity contribution in [3.63, 3.8) is 0 Å². The lowest BCUT2D eigenvalue weighted by Crippen LogP contribution is -2.33. The van der Waals surface area contributed by atoms with Crippen LogP contribution < -0.4 is 4.74 Å². The first-order chi connectivity index (χ1) is 14.4. The van der Waals surface area contributed by atoms with Crippen molar-refractivity contribution >= 4 is 15.9 Å². The van der Waals surface area contributed by atoms with Crippen LogP contribution in [0.15, 0.2) is 53.4 Å². The number of benzene rings is 2. The summed E-state index contributed by atoms with van der Waals surface area (Å²) in [4.78, 5) is 14.5. The standard InChI is InChI=1S/C23H30N2O4S/c1-19-10-12-21(13-11-19)29-17-16-24(2)23(26)20-8-7-9-22(18-20)30(27,28)25-14-5-3-4-6-15-25/h7-13,18H,3-6,14-17H2,1-2H3. The number of rotatable bonds is 7. The molecule has 0 radical (unpaired) electrons. The molecule has 0 N–H and O–H groups in total. The fraction of sp³-hybridized carbons (Fsp3) is 0.435. The third-order valence-corrected chi connectivity index (χ3v) is 7.24. The highest BCUT2D eigenvalue weighted by atomic mass is 32.2. The Balaban J connectivity index is 1.63. The molecule has 0 bridgehead atoms. The van der Waals surface area contributed by atoms with Crippen molar-refractivity contribution in [2.75, 3.05) is 33.3 Å². The van der Waals surface area contributed by atoms with Crippen LogP contribution in [0.4, 0.5) is 0 Å². The maximum atomic E-state index is 13.0. The second-order valence-electron chi connectivity index (χ2n) is 7.73. The van der Waals surface area contributed by atoms with E-state index in [1.54, 1.807) is 34.5 Å². The summed E-state index contributed by atoms with van der Waals surface area (Å²) in [6, 6.07) is 14.1. The van der Waals surface area contributed by atoms with Gasteiger partial charge in [-0.15, -0.1) is 0 Å². The van der Waals surface area contributed by atoms with Crippen LogP contribution in [0.1, 0.15) is 41.6 Å². The molecule has 0 aliphatic carbocycles. The van der Waals surface area contributed by atoms with Gasteiger partial charge in [0.2, 0.25) is 10.0 Å². The van der Waals surface area contributed by atoms with Gasteiger partial charge in [0.25, 0.3) is 5.91 Å². The molecule has 7 heteroatoms. The number of carbonyl (C=O) groups excluding carboxylic acids is 1. The fourth-order valence-electron chi connectivity index (χ4n) is 3.48. The molecule has 30 heavy (non-hydrogen) atoms. The quantitative estimate of drug-likeness (QED) is 0.672. The van der Waals surface area contributed by atoms with Crippen LogP contribution in [0.3, 0.4) is 0 Å². The number of hydrogen-bond acceptors (Lipinski definition) is 4. The minimum absolute atomic E-state index is 0.180. The predicted molar refractivity (Wildman–Crippen MR) is 117 cm³/mol. The third kappa shape index (κ3) is 5.61. The first-order valence-corrected chi connectivity index (χ1v) is 11.9. The molecule has 1 fully saturated rings. The van der Waals surface area contributed by atoms with Gasteiger partial charge < -0.3 is 9.64 Å². The Bertz CT molecular complexity index is 949. The topological polar surface area (TPSA) is 66.9 Å². The number of ether oxygens (including phenoxy) is 1. The maximum Gasteiger partial charge on any atom is 0.253 e. The van der Waals surface area contributed by atoms with Gasteiger partial charge in [-0.05, 0) is 50.1 Å². The fourth-order valence-corrected chi connectivity index (χ4v) is 5.04. The Kier molecular flexibility index (Phi) is 7.50. The Morgan fingerprint density at radius 1 is 1.03 bits per heavy atom. The van der Waals surface area contributed by atoms with E-state index in [2.05, 4.69) is 0 Å². The van der Waals surface area contributed by atoms with Gasteiger partial charge in [0.15, 0.2) is 0 Å². The second-order valence-corrected chi connectivity index (χ2v) is 9.67. The van der Waals surface area contributed by atoms with Crippen LogP contribution in [0.5, 0.6) is 5.75 Å². The first kappa shape index (κ1) is 22.3. The van der Waals surface area contributed by atoms with Gasteiger partial charge in [-0.25, -0.2) is 8.42 Å². The summed E-state index contributed by atoms with van der Waals surface area (Å²) in [5.41, 5.74) is 1.52. The molecule has 2 aromatic carbocycles. The van der Waals surface area contributed by atoms with Gasteiger partial charge in [0.05, 0.1) is 11.4 Å². The molecule has 0 atom stereocenters. The van der Waals surface area contributed by atoms with Crippen molar-refractivity contribution < 1.29 is 17.9 Å². The van der Waals surface area contributed by atoms with Crippen molar-refractivity contribution in [1.29, 1.82) is 0 Å². The van der Waals surface area contributed by atoms with E-state index >= 15 is 0 Å². The molecule has 1 saturated heterocycles. The molecular weight excluding hydrogens is 400 g/mol. The van der Waals surface area contributed by atoms with Gasteiger partial charge in [0, 0.05) is 25.7 Å². The Hall–Kier alpha value is -2.38. The molecule has 1 aliphatic heterocycles. The zero-order chi connectivity index (χ0) is 21.6. The van der Waals surface area contributed by atoms with Gasteiger partial charge in [-0.1, -0.05) is 36.6 Å². The normalized spacial score (nSPS) is 15.4. The van der Waals surface area contributed by atoms with Gasteiger partial charge in [0.1, 0.15) is 12.4 Å². The van der Waals surface area contributed by atoms with E-state index in [1.807, 2.05) is 31.2 Å². The average molecular weight is 431 g/mol. The highest BCUT2D eigenvalue weighted by molar-refractivity contribution is 7.89. The van der Waals surface area contributed by atoms with E-state index in [9.17, 15) is 13.2 Å². The summed E-state index contributed by atoms with van der Waals surface area (Å²) >= 11 is 0. The average Bonchev–Trinajstić information content (AvgIpc) is 3.05. The number of sulfonamides is 1. The number of hydrogen-bond donors (Lipinski definition) is 0. The minimum atomic E-state index is -3.59. The SMILES string of the molecule is Cc1ccc(OCCN(C)C(=O)c2cccc(S(=O)(=O)N3CCCCCC3)c2)cc1. The summed E-state index contributed by atoms with van der Waals surface area (Å²) in [7, 11) is -1.89. The molecule has 0 unspecified atom stereocenters. The second kappa shape index (κ2) is 10.1. The zero-order valence-electron chi connectivity index (χ0n) is 17.7. The van der Waals surface area contributed by atoms with E-state index in [0.717, 1.165) is 37.0 Å². The maximum absolute atomic E-state index is 13.0. The summed E-state index contributed by atoms with van der Waals surface area (Å²) in [5, 5.41) is 0. The lowest BCUT2D eigenvalue weighted by molar-refractivity contribution is 0.0773. The Morgan fingerprint density at radius 3 is 2.37 bits per heavy atom. The van der Waals surface area contributed by atoms with Crippen LogP contribution in [0.2, 0.25) is 0 Å². The molecule has 0 saturated carbocycles. The van der Waals surface area contributed by atoms with Gasteiger partial charge in [-0.2, -0.15) is 4.31 Å². The lowest BCUT2D eigenvalue weighted by atomic mass is 10.2. The van der Waals surface area contributed by atoms with Crippen molar-refractivity contribution in [1.82, 2.24) is 9.21 Å². The number of carbonyl (C=O) groups is 1. The van der Waals surface area contributed by atoms with E-state index < -0.39 is 10.0 Å². The number of amides is 1. The van der Waals surface area contributed by atoms with Gasteiger partial charge >= 0.3 is 0 Å². The van der Waals surface area contributed by atoms with Crippen LogP contribution in [-0.4, -0.2) is 56.8 Å². The summed E-state index contributed by atoms with van der Waals surface area (Å²) in [5.74, 6) is 0.530. The lowest BCUT2D eigenvalue weighted by Gasteiger charge is -2.21. The predicted octanol–water partition coefficient (Wildman–Crippen LogP) is 3.71. The van der Waals surface area contributed by atoms with Gasteiger partial charge in [-0.3, -0.25) is 4.79 Å². The molecule has 1 amide bonds. The van der Waals surface area contributed by atoms with Crippen LogP contribution in [0.25, 0.3) is 0 Å². The monoisotopic (exact) mass is 430 g/mol. The molecule has 6 nitrogen and oxygen atoms in total. The number of nitrogens with zero attached hydrogens (tertiary/aromatic N) is 2. The van der Waals surface area contributed by atoms with Crippen molar-refractivity contribution in [3.8, 4) is 5.75 Å². The highest BCUT2D eigenvalue weighted by Crippen LogP contribution is 2.21. The highest BCUT2D eigenvalue weighted by Gasteiger charge is 2.26. The molecular formula is C23H30N2O4S. The molecule has 1 aliphatic rings. The first-order valence-electron chi connectivity index (χ1n) is 10.4. The molecule has 2 aromatic rings. The van der Waals surface area contributed by atoms with Crippen molar-refractivity contribution in [3.05, 3.63) is 59.7 Å². The Labute approximate surface area is 179 Å². The van der Waals surface area contributed by atoms with Crippen molar-refractivity contribution in [2.45, 2.75) is 37.5 Å². The minimum Gasteiger partial charge on any atom is -0.492 e. The molecule has 162 valence electrons. The van der Waals surface area contributed by atoms with Crippen LogP contribution in [0, 0.1) is 6.92 Å².